The van der Waals surface area contributed by atoms with Crippen molar-refractivity contribution < 1.29 is 9.21 Å². The van der Waals surface area contributed by atoms with Crippen LogP contribution in [0.25, 0.3) is 0 Å². The highest BCUT2D eigenvalue weighted by molar-refractivity contribution is 7.99. The molecule has 1 N–H and O–H groups in total. The number of fused-ring (bicyclic) bond motifs is 1. The first-order valence-corrected chi connectivity index (χ1v) is 9.98. The van der Waals surface area contributed by atoms with E-state index in [1.54, 1.807) is 11.8 Å². The number of thioether (sulfide) groups is 2. The summed E-state index contributed by atoms with van der Waals surface area (Å²) in [5.74, 6) is 1.98. The minimum absolute atomic E-state index is 0.0132. The lowest BCUT2D eigenvalue weighted by Crippen LogP contribution is -2.12. The van der Waals surface area contributed by atoms with E-state index >= 15 is 0 Å². The lowest BCUT2D eigenvalue weighted by Gasteiger charge is -2.07. The topological polar surface area (TPSA) is 68.0 Å². The highest BCUT2D eigenvalue weighted by Crippen LogP contribution is 2.25. The number of hydrogen-bond donors (Lipinski definition) is 1. The van der Waals surface area contributed by atoms with Crippen LogP contribution in [0.15, 0.2) is 27.8 Å². The Labute approximate surface area is 144 Å². The Hall–Kier alpha value is -1.47. The van der Waals surface area contributed by atoms with Gasteiger partial charge in [-0.15, -0.1) is 10.2 Å². The number of aryl methyl sites for hydroxylation is 2. The van der Waals surface area contributed by atoms with Crippen molar-refractivity contribution >= 4 is 35.1 Å². The SMILES string of the molecule is CSCc1nnc(SCCC(=O)Nc2ccc3c(c2)CCC3)o1. The Balaban J connectivity index is 1.44. The number of anilines is 1. The van der Waals surface area contributed by atoms with Crippen LogP contribution in [0.3, 0.4) is 0 Å². The second-order valence-electron chi connectivity index (χ2n) is 5.38. The number of nitrogens with one attached hydrogen (secondary N) is 1. The number of benzene rings is 1. The normalized spacial score (nSPS) is 13.1. The predicted molar refractivity (Wildman–Crippen MR) is 94.0 cm³/mol. The zero-order valence-electron chi connectivity index (χ0n) is 13.0. The fraction of sp³-hybridized carbons (Fsp3) is 0.438. The summed E-state index contributed by atoms with van der Waals surface area (Å²) >= 11 is 3.05. The van der Waals surface area contributed by atoms with Gasteiger partial charge in [0.15, 0.2) is 0 Å². The molecule has 122 valence electrons. The van der Waals surface area contributed by atoms with E-state index in [9.17, 15) is 4.79 Å². The number of nitrogens with zero attached hydrogens (tertiary/aromatic N) is 2. The van der Waals surface area contributed by atoms with Crippen molar-refractivity contribution in [3.8, 4) is 0 Å². The lowest BCUT2D eigenvalue weighted by molar-refractivity contribution is -0.115. The zero-order valence-corrected chi connectivity index (χ0v) is 14.6. The first kappa shape index (κ1) is 16.4. The van der Waals surface area contributed by atoms with Crippen LogP contribution in [0, 0.1) is 0 Å². The molecule has 1 aliphatic carbocycles. The largest absolute Gasteiger partial charge is 0.415 e. The minimum Gasteiger partial charge on any atom is -0.415 e. The first-order chi connectivity index (χ1) is 11.2. The van der Waals surface area contributed by atoms with Crippen LogP contribution in [0.1, 0.15) is 29.9 Å². The maximum absolute atomic E-state index is 12.0. The van der Waals surface area contributed by atoms with Crippen LogP contribution in [-0.2, 0) is 23.4 Å². The summed E-state index contributed by atoms with van der Waals surface area (Å²) in [6, 6.07) is 6.21. The van der Waals surface area contributed by atoms with Crippen molar-refractivity contribution in [1.29, 1.82) is 0 Å². The monoisotopic (exact) mass is 349 g/mol. The van der Waals surface area contributed by atoms with E-state index in [0.717, 1.165) is 18.5 Å². The fourth-order valence-corrected chi connectivity index (χ4v) is 3.66. The van der Waals surface area contributed by atoms with Gasteiger partial charge in [0.2, 0.25) is 11.8 Å². The Bertz CT molecular complexity index is 688. The number of rotatable bonds is 7. The molecule has 0 fully saturated rings. The first-order valence-electron chi connectivity index (χ1n) is 7.60. The Morgan fingerprint density at radius 2 is 2.17 bits per heavy atom. The summed E-state index contributed by atoms with van der Waals surface area (Å²) in [4.78, 5) is 12.0. The zero-order chi connectivity index (χ0) is 16.1. The molecule has 0 unspecified atom stereocenters. The van der Waals surface area contributed by atoms with Crippen molar-refractivity contribution in [1.82, 2.24) is 10.2 Å². The van der Waals surface area contributed by atoms with Gasteiger partial charge in [-0.25, -0.2) is 0 Å². The molecule has 0 saturated heterocycles. The lowest BCUT2D eigenvalue weighted by atomic mass is 10.1. The van der Waals surface area contributed by atoms with E-state index in [4.69, 9.17) is 4.42 Å². The maximum Gasteiger partial charge on any atom is 0.276 e. The van der Waals surface area contributed by atoms with Gasteiger partial charge >= 0.3 is 0 Å². The second kappa shape index (κ2) is 7.88. The predicted octanol–water partition coefficient (Wildman–Crippen LogP) is 3.54. The quantitative estimate of drug-likeness (QED) is 0.771. The average molecular weight is 349 g/mol. The molecule has 5 nitrogen and oxygen atoms in total. The number of hydrogen-bond acceptors (Lipinski definition) is 6. The van der Waals surface area contributed by atoms with Crippen LogP contribution < -0.4 is 5.32 Å². The van der Waals surface area contributed by atoms with Crippen LogP contribution in [-0.4, -0.2) is 28.1 Å². The van der Waals surface area contributed by atoms with Crippen molar-refractivity contribution in [2.24, 2.45) is 0 Å². The molecule has 0 atom stereocenters. The molecule has 1 aromatic carbocycles. The molecule has 1 amide bonds. The molecule has 0 radical (unpaired) electrons. The molecule has 3 rings (SSSR count). The van der Waals surface area contributed by atoms with Crippen molar-refractivity contribution in [3.05, 3.63) is 35.2 Å². The van der Waals surface area contributed by atoms with Crippen LogP contribution in [0.4, 0.5) is 5.69 Å². The fourth-order valence-electron chi connectivity index (χ4n) is 2.58. The summed E-state index contributed by atoms with van der Waals surface area (Å²) in [5.41, 5.74) is 3.67. The second-order valence-corrected chi connectivity index (χ2v) is 7.29. The van der Waals surface area contributed by atoms with Gasteiger partial charge in [0, 0.05) is 17.9 Å². The van der Waals surface area contributed by atoms with Crippen molar-refractivity contribution in [3.63, 3.8) is 0 Å². The summed E-state index contributed by atoms with van der Waals surface area (Å²) in [7, 11) is 0. The van der Waals surface area contributed by atoms with Gasteiger partial charge in [-0.2, -0.15) is 11.8 Å². The highest BCUT2D eigenvalue weighted by Gasteiger charge is 2.12. The van der Waals surface area contributed by atoms with Gasteiger partial charge in [0.1, 0.15) is 0 Å². The molecule has 1 aliphatic rings. The molecular weight excluding hydrogens is 330 g/mol. The highest BCUT2D eigenvalue weighted by atomic mass is 32.2. The Kier molecular flexibility index (Phi) is 5.61. The van der Waals surface area contributed by atoms with E-state index in [2.05, 4.69) is 27.6 Å². The average Bonchev–Trinajstić information content (AvgIpc) is 3.16. The molecule has 0 bridgehead atoms. The molecule has 23 heavy (non-hydrogen) atoms. The van der Waals surface area contributed by atoms with Crippen LogP contribution >= 0.6 is 23.5 Å². The molecule has 0 saturated carbocycles. The molecule has 0 spiro atoms. The minimum atomic E-state index is 0.0132. The van der Waals surface area contributed by atoms with Crippen LogP contribution in [0.2, 0.25) is 0 Å². The third-order valence-electron chi connectivity index (χ3n) is 3.65. The summed E-state index contributed by atoms with van der Waals surface area (Å²) in [6.45, 7) is 0. The van der Waals surface area contributed by atoms with E-state index in [-0.39, 0.29) is 5.91 Å². The molecule has 1 heterocycles. The molecule has 7 heteroatoms. The Morgan fingerprint density at radius 3 is 3.04 bits per heavy atom. The van der Waals surface area contributed by atoms with Gasteiger partial charge in [0.25, 0.3) is 5.22 Å². The Morgan fingerprint density at radius 1 is 1.30 bits per heavy atom. The van der Waals surface area contributed by atoms with E-state index in [1.165, 1.54) is 29.3 Å². The van der Waals surface area contributed by atoms with Gasteiger partial charge in [-0.05, 0) is 48.8 Å². The number of carbonyl (C=O) groups excluding carboxylic acids is 1. The van der Waals surface area contributed by atoms with Gasteiger partial charge in [-0.3, -0.25) is 4.79 Å². The summed E-state index contributed by atoms with van der Waals surface area (Å²) < 4.78 is 5.46. The summed E-state index contributed by atoms with van der Waals surface area (Å²) in [5, 5.41) is 11.4. The van der Waals surface area contributed by atoms with Gasteiger partial charge in [0.05, 0.1) is 5.75 Å². The number of amides is 1. The van der Waals surface area contributed by atoms with Crippen molar-refractivity contribution in [2.45, 2.75) is 36.7 Å². The third kappa shape index (κ3) is 4.51. The molecule has 2 aromatic rings. The van der Waals surface area contributed by atoms with Crippen LogP contribution in [0.5, 0.6) is 0 Å². The van der Waals surface area contributed by atoms with E-state index in [0.29, 0.717) is 29.0 Å². The summed E-state index contributed by atoms with van der Waals surface area (Å²) in [6.07, 6.45) is 5.89. The van der Waals surface area contributed by atoms with Gasteiger partial charge < -0.3 is 9.73 Å². The molecule has 0 aliphatic heterocycles. The van der Waals surface area contributed by atoms with E-state index in [1.807, 2.05) is 12.3 Å². The standard InChI is InChI=1S/C16H19N3O2S2/c1-22-10-15-18-19-16(21-15)23-8-7-14(20)17-13-6-5-11-3-2-4-12(11)9-13/h5-6,9H,2-4,7-8,10H2,1H3,(H,17,20). The number of aromatic nitrogens is 2. The van der Waals surface area contributed by atoms with Gasteiger partial charge in [-0.1, -0.05) is 17.8 Å². The maximum atomic E-state index is 12.0. The number of carbonyl (C=O) groups is 1. The molecular formula is C16H19N3O2S2. The smallest absolute Gasteiger partial charge is 0.276 e. The third-order valence-corrected chi connectivity index (χ3v) is 5.01. The molecule has 1 aromatic heterocycles. The van der Waals surface area contributed by atoms with Crippen molar-refractivity contribution in [2.75, 3.05) is 17.3 Å². The van der Waals surface area contributed by atoms with E-state index < -0.39 is 0 Å².